The number of aliphatic imine (C=N–C) groups is 1. The van der Waals surface area contributed by atoms with Gasteiger partial charge in [0.15, 0.2) is 0 Å². The van der Waals surface area contributed by atoms with Gasteiger partial charge >= 0.3 is 0 Å². The standard InChI is InChI=1S/C17H19ClN2O/c1-12-6-7-16(13(2)8-12)21-11-14-4-3-5-15(9-14)20-17(19)10-18/h3-9H,10-11H2,1-2H3,(H2,19,20). The highest BCUT2D eigenvalue weighted by molar-refractivity contribution is 6.28. The Kier molecular flexibility index (Phi) is 5.23. The average Bonchev–Trinajstić information content (AvgIpc) is 2.46. The summed E-state index contributed by atoms with van der Waals surface area (Å²) < 4.78 is 5.86. The lowest BCUT2D eigenvalue weighted by Gasteiger charge is -2.10. The summed E-state index contributed by atoms with van der Waals surface area (Å²) in [5.41, 5.74) is 9.83. The van der Waals surface area contributed by atoms with Crippen molar-refractivity contribution in [2.75, 3.05) is 5.88 Å². The van der Waals surface area contributed by atoms with E-state index in [1.807, 2.05) is 43.3 Å². The molecule has 0 aromatic heterocycles. The summed E-state index contributed by atoms with van der Waals surface area (Å²) in [6.07, 6.45) is 0. The lowest BCUT2D eigenvalue weighted by atomic mass is 10.1. The summed E-state index contributed by atoms with van der Waals surface area (Å²) >= 11 is 5.63. The lowest BCUT2D eigenvalue weighted by molar-refractivity contribution is 0.304. The molecule has 110 valence electrons. The molecule has 0 fully saturated rings. The zero-order valence-corrected chi connectivity index (χ0v) is 13.0. The Morgan fingerprint density at radius 3 is 2.71 bits per heavy atom. The van der Waals surface area contributed by atoms with Gasteiger partial charge in [-0.15, -0.1) is 11.6 Å². The van der Waals surface area contributed by atoms with Crippen LogP contribution >= 0.6 is 11.6 Å². The van der Waals surface area contributed by atoms with E-state index in [0.717, 1.165) is 22.6 Å². The van der Waals surface area contributed by atoms with E-state index in [1.54, 1.807) is 0 Å². The summed E-state index contributed by atoms with van der Waals surface area (Å²) in [5.74, 6) is 1.53. The molecule has 2 aromatic carbocycles. The largest absolute Gasteiger partial charge is 0.489 e. The number of nitrogens with two attached hydrogens (primary N) is 1. The fraction of sp³-hybridized carbons (Fsp3) is 0.235. The number of ether oxygens (including phenoxy) is 1. The smallest absolute Gasteiger partial charge is 0.122 e. The number of alkyl halides is 1. The van der Waals surface area contributed by atoms with E-state index in [1.165, 1.54) is 5.56 Å². The van der Waals surface area contributed by atoms with Crippen molar-refractivity contribution < 1.29 is 4.74 Å². The monoisotopic (exact) mass is 302 g/mol. The number of amidine groups is 1. The first-order valence-corrected chi connectivity index (χ1v) is 7.30. The van der Waals surface area contributed by atoms with Gasteiger partial charge in [-0.2, -0.15) is 0 Å². The molecule has 2 aromatic rings. The first-order chi connectivity index (χ1) is 10.1. The van der Waals surface area contributed by atoms with Crippen molar-refractivity contribution in [1.82, 2.24) is 0 Å². The minimum Gasteiger partial charge on any atom is -0.489 e. The number of benzene rings is 2. The van der Waals surface area contributed by atoms with Gasteiger partial charge in [0.05, 0.1) is 11.6 Å². The van der Waals surface area contributed by atoms with Crippen molar-refractivity contribution >= 4 is 23.1 Å². The second-order valence-electron chi connectivity index (χ2n) is 4.96. The van der Waals surface area contributed by atoms with E-state index in [2.05, 4.69) is 18.0 Å². The number of rotatable bonds is 5. The summed E-state index contributed by atoms with van der Waals surface area (Å²) in [6, 6.07) is 13.9. The molecule has 21 heavy (non-hydrogen) atoms. The van der Waals surface area contributed by atoms with E-state index in [-0.39, 0.29) is 5.88 Å². The maximum absolute atomic E-state index is 5.86. The van der Waals surface area contributed by atoms with Gasteiger partial charge in [-0.1, -0.05) is 29.8 Å². The van der Waals surface area contributed by atoms with Crippen molar-refractivity contribution in [2.45, 2.75) is 20.5 Å². The lowest BCUT2D eigenvalue weighted by Crippen LogP contribution is -2.12. The Bertz CT molecular complexity index is 653. The van der Waals surface area contributed by atoms with Crippen LogP contribution in [0.4, 0.5) is 5.69 Å². The Balaban J connectivity index is 2.08. The maximum atomic E-state index is 5.86. The number of hydrogen-bond acceptors (Lipinski definition) is 2. The molecule has 0 aliphatic carbocycles. The third kappa shape index (κ3) is 4.50. The Morgan fingerprint density at radius 1 is 1.19 bits per heavy atom. The maximum Gasteiger partial charge on any atom is 0.122 e. The zero-order valence-electron chi connectivity index (χ0n) is 12.3. The van der Waals surface area contributed by atoms with Crippen LogP contribution in [0.2, 0.25) is 0 Å². The molecule has 0 bridgehead atoms. The molecular formula is C17H19ClN2O. The predicted octanol–water partition coefficient (Wildman–Crippen LogP) is 4.11. The highest BCUT2D eigenvalue weighted by atomic mass is 35.5. The molecule has 2 N–H and O–H groups in total. The highest BCUT2D eigenvalue weighted by Gasteiger charge is 2.01. The van der Waals surface area contributed by atoms with Gasteiger partial charge in [-0.3, -0.25) is 0 Å². The number of nitrogens with zero attached hydrogens (tertiary/aromatic N) is 1. The van der Waals surface area contributed by atoms with Gasteiger partial charge in [0, 0.05) is 0 Å². The van der Waals surface area contributed by atoms with Crippen LogP contribution < -0.4 is 10.5 Å². The van der Waals surface area contributed by atoms with Crippen LogP contribution in [0.5, 0.6) is 5.75 Å². The molecule has 4 heteroatoms. The molecule has 0 atom stereocenters. The summed E-state index contributed by atoms with van der Waals surface area (Å²) in [4.78, 5) is 4.23. The Labute approximate surface area is 130 Å². The molecule has 0 unspecified atom stereocenters. The van der Waals surface area contributed by atoms with Gasteiger partial charge in [-0.25, -0.2) is 4.99 Å². The van der Waals surface area contributed by atoms with E-state index in [4.69, 9.17) is 22.1 Å². The van der Waals surface area contributed by atoms with Crippen molar-refractivity contribution in [2.24, 2.45) is 10.7 Å². The first-order valence-electron chi connectivity index (χ1n) is 6.76. The van der Waals surface area contributed by atoms with Crippen LogP contribution in [0.25, 0.3) is 0 Å². The fourth-order valence-corrected chi connectivity index (χ4v) is 2.09. The van der Waals surface area contributed by atoms with E-state index in [0.29, 0.717) is 12.4 Å². The molecule has 0 saturated carbocycles. The topological polar surface area (TPSA) is 47.6 Å². The molecule has 2 rings (SSSR count). The SMILES string of the molecule is Cc1ccc(OCc2cccc(N=C(N)CCl)c2)c(C)c1. The summed E-state index contributed by atoms with van der Waals surface area (Å²) in [5, 5.41) is 0. The molecule has 0 aliphatic heterocycles. The minimum absolute atomic E-state index is 0.225. The van der Waals surface area contributed by atoms with Gasteiger partial charge < -0.3 is 10.5 Å². The quantitative estimate of drug-likeness (QED) is 0.513. The molecule has 3 nitrogen and oxygen atoms in total. The van der Waals surface area contributed by atoms with Crippen molar-refractivity contribution in [3.05, 3.63) is 59.2 Å². The second kappa shape index (κ2) is 7.14. The predicted molar refractivity (Wildman–Crippen MR) is 88.7 cm³/mol. The first kappa shape index (κ1) is 15.4. The fourth-order valence-electron chi connectivity index (χ4n) is 2.03. The van der Waals surface area contributed by atoms with Crippen LogP contribution in [0.15, 0.2) is 47.5 Å². The molecule has 0 amide bonds. The number of hydrogen-bond donors (Lipinski definition) is 1. The van der Waals surface area contributed by atoms with E-state index >= 15 is 0 Å². The van der Waals surface area contributed by atoms with Gasteiger partial charge in [0.1, 0.15) is 18.2 Å². The van der Waals surface area contributed by atoms with Gasteiger partial charge in [-0.05, 0) is 43.2 Å². The highest BCUT2D eigenvalue weighted by Crippen LogP contribution is 2.21. The van der Waals surface area contributed by atoms with Crippen LogP contribution in [0, 0.1) is 13.8 Å². The van der Waals surface area contributed by atoms with Crippen LogP contribution in [-0.2, 0) is 6.61 Å². The van der Waals surface area contributed by atoms with Crippen LogP contribution in [0.1, 0.15) is 16.7 Å². The number of halogens is 1. The van der Waals surface area contributed by atoms with Crippen LogP contribution in [0.3, 0.4) is 0 Å². The Hall–Kier alpha value is -2.00. The van der Waals surface area contributed by atoms with Gasteiger partial charge in [0.25, 0.3) is 0 Å². The third-order valence-electron chi connectivity index (χ3n) is 3.04. The van der Waals surface area contributed by atoms with Crippen molar-refractivity contribution in [1.29, 1.82) is 0 Å². The van der Waals surface area contributed by atoms with E-state index in [9.17, 15) is 0 Å². The molecule has 0 heterocycles. The zero-order chi connectivity index (χ0) is 15.2. The molecule has 0 aliphatic rings. The Morgan fingerprint density at radius 2 is 2.00 bits per heavy atom. The summed E-state index contributed by atoms with van der Waals surface area (Å²) in [7, 11) is 0. The minimum atomic E-state index is 0.225. The third-order valence-corrected chi connectivity index (χ3v) is 3.32. The normalized spacial score (nSPS) is 11.5. The van der Waals surface area contributed by atoms with E-state index < -0.39 is 0 Å². The number of aryl methyl sites for hydroxylation is 2. The summed E-state index contributed by atoms with van der Waals surface area (Å²) in [6.45, 7) is 4.61. The molecule has 0 spiro atoms. The van der Waals surface area contributed by atoms with Gasteiger partial charge in [0.2, 0.25) is 0 Å². The average molecular weight is 303 g/mol. The van der Waals surface area contributed by atoms with Crippen LogP contribution in [-0.4, -0.2) is 11.7 Å². The molecular weight excluding hydrogens is 284 g/mol. The second-order valence-corrected chi connectivity index (χ2v) is 5.23. The van der Waals surface area contributed by atoms with Crippen molar-refractivity contribution in [3.8, 4) is 5.75 Å². The molecule has 0 saturated heterocycles. The molecule has 0 radical (unpaired) electrons. The van der Waals surface area contributed by atoms with Crippen molar-refractivity contribution in [3.63, 3.8) is 0 Å².